The van der Waals surface area contributed by atoms with Crippen molar-refractivity contribution in [1.82, 2.24) is 60.9 Å². The minimum atomic E-state index is -1.61. The first kappa shape index (κ1) is 90.9. The van der Waals surface area contributed by atoms with Gasteiger partial charge in [0.2, 0.25) is 76.4 Å². The first-order chi connectivity index (χ1) is 47.2. The summed E-state index contributed by atoms with van der Waals surface area (Å²) in [4.78, 5) is 192. The summed E-state index contributed by atoms with van der Waals surface area (Å²) in [6.07, 6.45) is 3.18. The van der Waals surface area contributed by atoms with E-state index in [-0.39, 0.29) is 73.5 Å². The Morgan fingerprint density at radius 2 is 0.951 bits per heavy atom. The molecule has 3 heterocycles. The van der Waals surface area contributed by atoms with Crippen molar-refractivity contribution in [3.63, 3.8) is 0 Å². The van der Waals surface area contributed by atoms with Crippen LogP contribution in [-0.2, 0) is 67.1 Å². The second kappa shape index (κ2) is 40.2. The quantitative estimate of drug-likeness (QED) is 0.0719. The average molecular weight is 1440 g/mol. The molecule has 16 atom stereocenters. The van der Waals surface area contributed by atoms with Crippen molar-refractivity contribution < 1.29 is 77.3 Å². The maximum absolute atomic E-state index is 15.1. The molecule has 582 valence electrons. The van der Waals surface area contributed by atoms with Crippen molar-refractivity contribution in [2.45, 2.75) is 274 Å². The number of carbonyl (C=O) groups excluding carboxylic acids is 13. The van der Waals surface area contributed by atoms with Crippen LogP contribution in [0.3, 0.4) is 0 Å². The molecule has 0 aromatic rings. The molecule has 28 nitrogen and oxygen atoms in total. The Balaban J connectivity index is 0.00000179. The molecule has 0 bridgehead atoms. The highest BCUT2D eigenvalue weighted by molar-refractivity contribution is 6.01. The van der Waals surface area contributed by atoms with E-state index in [9.17, 15) is 63.0 Å². The Morgan fingerprint density at radius 3 is 1.40 bits per heavy atom. The predicted octanol–water partition coefficient (Wildman–Crippen LogP) is 3.48. The summed E-state index contributed by atoms with van der Waals surface area (Å²) in [5, 5.41) is 35.9. The summed E-state index contributed by atoms with van der Waals surface area (Å²) in [7, 11) is 9.92. The average Bonchev–Trinajstić information content (AvgIpc) is 1.53. The highest BCUT2D eigenvalue weighted by Crippen LogP contribution is 2.44. The molecule has 0 aliphatic carbocycles. The van der Waals surface area contributed by atoms with Crippen LogP contribution in [-0.4, -0.2) is 262 Å². The van der Waals surface area contributed by atoms with Crippen molar-refractivity contribution in [1.29, 1.82) is 0 Å². The van der Waals surface area contributed by atoms with Gasteiger partial charge in [0, 0.05) is 49.3 Å². The number of hydrogen-bond donors (Lipinski definition) is 7. The van der Waals surface area contributed by atoms with Gasteiger partial charge in [-0.1, -0.05) is 136 Å². The van der Waals surface area contributed by atoms with E-state index in [4.69, 9.17) is 4.74 Å². The van der Waals surface area contributed by atoms with Gasteiger partial charge < -0.3 is 75.8 Å². The number of carbonyl (C=O) groups is 13. The molecule has 0 spiro atoms. The van der Waals surface area contributed by atoms with Crippen LogP contribution in [0.5, 0.6) is 0 Å². The van der Waals surface area contributed by atoms with Gasteiger partial charge >= 0.3 is 5.97 Å². The van der Waals surface area contributed by atoms with E-state index in [1.165, 1.54) is 87.7 Å². The Morgan fingerprint density at radius 1 is 0.500 bits per heavy atom. The Labute approximate surface area is 608 Å². The smallest absolute Gasteiger partial charge is 0.338 e. The Kier molecular flexibility index (Phi) is 35.8. The Bertz CT molecular complexity index is 2940. The summed E-state index contributed by atoms with van der Waals surface area (Å²) in [6, 6.07) is -12.3. The summed E-state index contributed by atoms with van der Waals surface area (Å²) in [5.41, 5.74) is -1.19. The minimum Gasteiger partial charge on any atom is -0.456 e. The van der Waals surface area contributed by atoms with E-state index in [1.807, 2.05) is 82.2 Å². The van der Waals surface area contributed by atoms with Crippen LogP contribution in [0.25, 0.3) is 0 Å². The fourth-order valence-corrected chi connectivity index (χ4v) is 13.5. The van der Waals surface area contributed by atoms with E-state index in [2.05, 4.69) is 26.6 Å². The Hall–Kier alpha value is -7.23. The highest BCUT2D eigenvalue weighted by Gasteiger charge is 2.71. The van der Waals surface area contributed by atoms with Gasteiger partial charge in [-0.2, -0.15) is 0 Å². The van der Waals surface area contributed by atoms with Crippen LogP contribution in [0.1, 0.15) is 190 Å². The predicted molar refractivity (Wildman–Crippen MR) is 388 cm³/mol. The van der Waals surface area contributed by atoms with Crippen molar-refractivity contribution in [3.8, 4) is 0 Å². The van der Waals surface area contributed by atoms with Gasteiger partial charge in [-0.15, -0.1) is 0 Å². The van der Waals surface area contributed by atoms with E-state index >= 15 is 9.59 Å². The fourth-order valence-electron chi connectivity index (χ4n) is 13.5. The summed E-state index contributed by atoms with van der Waals surface area (Å²) in [6.45, 7) is 34.9. The van der Waals surface area contributed by atoms with Crippen LogP contribution in [0.2, 0.25) is 0 Å². The van der Waals surface area contributed by atoms with E-state index < -0.39 is 180 Å². The second-order valence-corrected chi connectivity index (χ2v) is 31.4. The number of hydrogen-bond acceptors (Lipinski definition) is 16. The third-order valence-electron chi connectivity index (χ3n) is 19.8. The number of allylic oxidation sites excluding steroid dienone is 2. The molecule has 0 saturated carbocycles. The van der Waals surface area contributed by atoms with Crippen LogP contribution in [0.15, 0.2) is 12.2 Å². The molecular weight excluding hydrogens is 1310 g/mol. The highest BCUT2D eigenvalue weighted by atomic mass is 16.6. The van der Waals surface area contributed by atoms with Crippen molar-refractivity contribution in [2.75, 3.05) is 55.9 Å². The molecule has 0 aromatic carbocycles. The van der Waals surface area contributed by atoms with Crippen LogP contribution in [0, 0.1) is 53.3 Å². The van der Waals surface area contributed by atoms with E-state index in [1.54, 1.807) is 54.5 Å². The van der Waals surface area contributed by atoms with Gasteiger partial charge in [0.15, 0.2) is 0 Å². The molecular formula is C74H130N12O16. The monoisotopic (exact) mass is 1440 g/mol. The standard InChI is InChI=1S/C62H111N11O12.C12H19NO4/c1-25-27-28-40(15)52(75)51-56(79)65-43(26-2)58(81)67(18)33-48(74)68(19)44(29-34(3)4)55(78)66-49(38(11)12)61(84)69(20)45(30-35(5)6)54(77)63-41(16)53(76)64-42(17)57(80)70(21)46(31-36(7)8)59(82)71(22)47(32-37(9)10)60(83)72(23)50(39(13)14)62(85)73(51)24;1-4-5-7-9-12(11(16)17-9,13-10(7)15)8(14)6(2)3/h25,27,34-47,49-52,75H,26,28-33H2,1-24H3,(H,63,77)(H,64,76)(H,65,79)(H,66,78);6-9,14H,4-5H2,1-3H3,(H,13,15)/b27-25+;/t40-,41+,42-,43+,44+,45+,46+,47+,49+,50+,51+,52-;7-,8+,9+,12-/m11/s1. The zero-order valence-corrected chi connectivity index (χ0v) is 66.5. The molecule has 3 rings (SSSR count). The molecule has 0 radical (unpaired) electrons. The van der Waals surface area contributed by atoms with Gasteiger partial charge in [-0.3, -0.25) is 57.5 Å². The summed E-state index contributed by atoms with van der Waals surface area (Å²) >= 11 is 0. The van der Waals surface area contributed by atoms with Gasteiger partial charge in [0.1, 0.15) is 66.5 Å². The van der Waals surface area contributed by atoms with Crippen LogP contribution >= 0.6 is 0 Å². The van der Waals surface area contributed by atoms with E-state index in [0.29, 0.717) is 12.8 Å². The number of fused-ring (bicyclic) bond motifs is 1. The number of ether oxygens (including phenoxy) is 1. The molecule has 12 amide bonds. The molecule has 7 N–H and O–H groups in total. The van der Waals surface area contributed by atoms with Gasteiger partial charge in [0.25, 0.3) is 0 Å². The van der Waals surface area contributed by atoms with Gasteiger partial charge in [-0.25, -0.2) is 4.79 Å². The topological polar surface area (TPSA) is 354 Å². The lowest BCUT2D eigenvalue weighted by atomic mass is 9.75. The molecule has 3 fully saturated rings. The maximum Gasteiger partial charge on any atom is 0.338 e. The molecule has 3 aliphatic rings. The number of likely N-dealkylation sites (N-methyl/N-ethyl adjacent to an activating group) is 7. The van der Waals surface area contributed by atoms with Crippen molar-refractivity contribution >= 4 is 76.9 Å². The van der Waals surface area contributed by atoms with Gasteiger partial charge in [0.05, 0.1) is 24.7 Å². The number of amides is 12. The number of aliphatic hydroxyl groups is 2. The summed E-state index contributed by atoms with van der Waals surface area (Å²) < 4.78 is 5.09. The largest absolute Gasteiger partial charge is 0.456 e. The fraction of sp³-hybridized carbons (Fsp3) is 0.797. The van der Waals surface area contributed by atoms with Gasteiger partial charge in [-0.05, 0) is 113 Å². The van der Waals surface area contributed by atoms with Crippen LogP contribution < -0.4 is 26.6 Å². The lowest BCUT2D eigenvalue weighted by Gasteiger charge is -2.46. The lowest BCUT2D eigenvalue weighted by molar-refractivity contribution is -0.207. The number of nitrogens with zero attached hydrogens (tertiary/aromatic N) is 7. The maximum atomic E-state index is 15.1. The third-order valence-corrected chi connectivity index (χ3v) is 19.8. The lowest BCUT2D eigenvalue weighted by Crippen LogP contribution is -2.73. The normalized spacial score (nSPS) is 28.6. The third kappa shape index (κ3) is 22.9. The molecule has 0 unspecified atom stereocenters. The van der Waals surface area contributed by atoms with Crippen LogP contribution in [0.4, 0.5) is 0 Å². The van der Waals surface area contributed by atoms with Crippen molar-refractivity contribution in [2.24, 2.45) is 53.3 Å². The zero-order chi connectivity index (χ0) is 78.8. The first-order valence-corrected chi connectivity index (χ1v) is 36.7. The van der Waals surface area contributed by atoms with Crippen molar-refractivity contribution in [3.05, 3.63) is 12.2 Å². The molecule has 3 aliphatic heterocycles. The number of aliphatic hydroxyl groups excluding tert-OH is 2. The number of nitrogens with one attached hydrogen (secondary N) is 5. The second-order valence-electron chi connectivity index (χ2n) is 31.4. The minimum absolute atomic E-state index is 0.0229. The number of esters is 1. The number of rotatable bonds is 19. The molecule has 0 aromatic heterocycles. The molecule has 3 saturated heterocycles. The van der Waals surface area contributed by atoms with E-state index in [0.717, 1.165) is 16.2 Å². The molecule has 28 heteroatoms. The molecule has 102 heavy (non-hydrogen) atoms. The zero-order valence-electron chi connectivity index (χ0n) is 66.5. The SMILES string of the molecule is C/C=C/C[C@@H](C)[C@@H](O)[C@H]1C(=O)N[C@@H](CC)C(=O)N(C)CC(=O)N(C)[C@@H](CC(C)C)C(=O)N[C@@H](C(C)C)C(=O)N(C)[C@@H](CC(C)C)C(=O)N[C@@H](C)C(=O)N[C@H](C)C(=O)N(C)[C@@H](CC(C)C)C(=O)N(C)[C@@H](CC(C)C)C(=O)N(C)[C@@H](C(C)C)C(=O)N1C.CCC[C@H]1C(=O)N[C@@]2([C@@H](O)C(C)C)C(=O)O[C@@H]12. The first-order valence-electron chi connectivity index (χ1n) is 36.7. The summed E-state index contributed by atoms with van der Waals surface area (Å²) in [5.74, 6) is -10.8.